The van der Waals surface area contributed by atoms with E-state index in [4.69, 9.17) is 0 Å². The molecule has 1 aromatic heterocycles. The third kappa shape index (κ3) is 2.54. The molecule has 0 spiro atoms. The van der Waals surface area contributed by atoms with Crippen molar-refractivity contribution in [2.75, 3.05) is 32.1 Å². The van der Waals surface area contributed by atoms with Gasteiger partial charge < -0.3 is 10.2 Å². The highest BCUT2D eigenvalue weighted by atomic mass is 15.2. The molecule has 0 saturated carbocycles. The average molecular weight is 168 g/mol. The number of hydrogen-bond acceptors (Lipinski definition) is 3. The predicted octanol–water partition coefficient (Wildman–Crippen LogP) is 0.455. The largest absolute Gasteiger partial charge is 0.372 e. The van der Waals surface area contributed by atoms with E-state index in [2.05, 4.69) is 27.5 Å². The van der Waals surface area contributed by atoms with Crippen LogP contribution in [0.25, 0.3) is 0 Å². The first kappa shape index (κ1) is 9.06. The fourth-order valence-electron chi connectivity index (χ4n) is 1.07. The van der Waals surface area contributed by atoms with Gasteiger partial charge in [-0.25, -0.2) is 0 Å². The van der Waals surface area contributed by atoms with E-state index in [0.29, 0.717) is 0 Å². The minimum Gasteiger partial charge on any atom is -0.372 e. The number of hydrogen-bond donors (Lipinski definition) is 2. The summed E-state index contributed by atoms with van der Waals surface area (Å²) in [6, 6.07) is 0. The van der Waals surface area contributed by atoms with Crippen molar-refractivity contribution in [1.29, 1.82) is 0 Å². The normalized spacial score (nSPS) is 10.2. The summed E-state index contributed by atoms with van der Waals surface area (Å²) in [6.45, 7) is 2.11. The lowest BCUT2D eigenvalue weighted by molar-refractivity contribution is 0.713. The van der Waals surface area contributed by atoms with E-state index >= 15 is 0 Å². The molecule has 1 aromatic rings. The van der Waals surface area contributed by atoms with E-state index in [1.54, 1.807) is 0 Å². The molecule has 0 atom stereocenters. The van der Waals surface area contributed by atoms with E-state index in [1.165, 1.54) is 0 Å². The summed E-state index contributed by atoms with van der Waals surface area (Å²) in [5.41, 5.74) is 1.14. The predicted molar refractivity (Wildman–Crippen MR) is 50.4 cm³/mol. The van der Waals surface area contributed by atoms with E-state index in [9.17, 15) is 0 Å². The van der Waals surface area contributed by atoms with Gasteiger partial charge in [0, 0.05) is 19.8 Å². The third-order valence-electron chi connectivity index (χ3n) is 1.84. The molecule has 1 rings (SSSR count). The van der Waals surface area contributed by atoms with Crippen molar-refractivity contribution in [3.8, 4) is 0 Å². The van der Waals surface area contributed by atoms with Crippen molar-refractivity contribution in [2.24, 2.45) is 0 Å². The maximum atomic E-state index is 3.89. The topological polar surface area (TPSA) is 44.0 Å². The van der Waals surface area contributed by atoms with Gasteiger partial charge in [-0.1, -0.05) is 0 Å². The summed E-state index contributed by atoms with van der Waals surface area (Å²) < 4.78 is 0. The van der Waals surface area contributed by atoms with Crippen molar-refractivity contribution < 1.29 is 0 Å². The van der Waals surface area contributed by atoms with Crippen LogP contribution < -0.4 is 10.2 Å². The second-order valence-electron chi connectivity index (χ2n) is 2.84. The molecule has 0 fully saturated rings. The lowest BCUT2D eigenvalue weighted by atomic mass is 10.4. The summed E-state index contributed by atoms with van der Waals surface area (Å²) in [5, 5.41) is 9.80. The lowest BCUT2D eigenvalue weighted by Gasteiger charge is -2.15. The van der Waals surface area contributed by atoms with Crippen molar-refractivity contribution in [3.05, 3.63) is 12.4 Å². The Labute approximate surface area is 73.0 Å². The number of rotatable bonds is 5. The minimum atomic E-state index is 1.06. The summed E-state index contributed by atoms with van der Waals surface area (Å²) in [6.07, 6.45) is 4.89. The molecule has 1 heterocycles. The van der Waals surface area contributed by atoms with Gasteiger partial charge in [-0.2, -0.15) is 5.10 Å². The first-order valence-corrected chi connectivity index (χ1v) is 4.19. The Bertz CT molecular complexity index is 195. The van der Waals surface area contributed by atoms with Gasteiger partial charge in [0.05, 0.1) is 11.9 Å². The smallest absolute Gasteiger partial charge is 0.0747 e. The van der Waals surface area contributed by atoms with E-state index in [1.807, 2.05) is 19.4 Å². The molecule has 0 aliphatic carbocycles. The van der Waals surface area contributed by atoms with Gasteiger partial charge in [-0.3, -0.25) is 5.10 Å². The van der Waals surface area contributed by atoms with Crippen LogP contribution in [0.5, 0.6) is 0 Å². The number of H-pyrrole nitrogens is 1. The molecule has 0 unspecified atom stereocenters. The molecule has 0 aromatic carbocycles. The highest BCUT2D eigenvalue weighted by molar-refractivity contribution is 5.40. The second kappa shape index (κ2) is 4.77. The SMILES string of the molecule is CNCCCN(C)c1cn[nH]c1. The Hall–Kier alpha value is -1.03. The number of aromatic amines is 1. The van der Waals surface area contributed by atoms with Crippen LogP contribution in [0.3, 0.4) is 0 Å². The third-order valence-corrected chi connectivity index (χ3v) is 1.84. The van der Waals surface area contributed by atoms with Gasteiger partial charge in [0.1, 0.15) is 0 Å². The fourth-order valence-corrected chi connectivity index (χ4v) is 1.07. The van der Waals surface area contributed by atoms with E-state index in [0.717, 1.165) is 25.2 Å². The van der Waals surface area contributed by atoms with Crippen LogP contribution in [0.1, 0.15) is 6.42 Å². The molecular weight excluding hydrogens is 152 g/mol. The van der Waals surface area contributed by atoms with Gasteiger partial charge in [-0.15, -0.1) is 0 Å². The Balaban J connectivity index is 2.25. The minimum absolute atomic E-state index is 1.06. The molecule has 2 N–H and O–H groups in total. The molecule has 0 radical (unpaired) electrons. The van der Waals surface area contributed by atoms with Crippen molar-refractivity contribution in [3.63, 3.8) is 0 Å². The highest BCUT2D eigenvalue weighted by Crippen LogP contribution is 2.07. The number of anilines is 1. The first-order valence-electron chi connectivity index (χ1n) is 4.19. The molecule has 0 saturated heterocycles. The van der Waals surface area contributed by atoms with Gasteiger partial charge >= 0.3 is 0 Å². The summed E-state index contributed by atoms with van der Waals surface area (Å²) >= 11 is 0. The summed E-state index contributed by atoms with van der Waals surface area (Å²) in [4.78, 5) is 2.18. The van der Waals surface area contributed by atoms with Crippen LogP contribution in [0.2, 0.25) is 0 Å². The zero-order valence-electron chi connectivity index (χ0n) is 7.67. The maximum absolute atomic E-state index is 3.89. The molecule has 4 nitrogen and oxygen atoms in total. The number of nitrogens with one attached hydrogen (secondary N) is 2. The van der Waals surface area contributed by atoms with E-state index in [-0.39, 0.29) is 0 Å². The molecule has 0 bridgehead atoms. The van der Waals surface area contributed by atoms with Crippen LogP contribution >= 0.6 is 0 Å². The standard InChI is InChI=1S/C8H16N4/c1-9-4-3-5-12(2)8-6-10-11-7-8/h6-7,9H,3-5H2,1-2H3,(H,10,11). The highest BCUT2D eigenvalue weighted by Gasteiger charge is 1.99. The van der Waals surface area contributed by atoms with E-state index < -0.39 is 0 Å². The maximum Gasteiger partial charge on any atom is 0.0747 e. The number of nitrogens with zero attached hydrogens (tertiary/aromatic N) is 2. The summed E-state index contributed by atoms with van der Waals surface area (Å²) in [5.74, 6) is 0. The van der Waals surface area contributed by atoms with Gasteiger partial charge in [0.2, 0.25) is 0 Å². The fraction of sp³-hybridized carbons (Fsp3) is 0.625. The Morgan fingerprint density at radius 2 is 2.50 bits per heavy atom. The molecule has 4 heteroatoms. The van der Waals surface area contributed by atoms with Crippen molar-refractivity contribution in [2.45, 2.75) is 6.42 Å². The molecule has 12 heavy (non-hydrogen) atoms. The van der Waals surface area contributed by atoms with Crippen LogP contribution in [0.15, 0.2) is 12.4 Å². The quantitative estimate of drug-likeness (QED) is 0.628. The van der Waals surface area contributed by atoms with Gasteiger partial charge in [-0.05, 0) is 20.0 Å². The average Bonchev–Trinajstić information content (AvgIpc) is 2.56. The Morgan fingerprint density at radius 1 is 1.67 bits per heavy atom. The molecule has 68 valence electrons. The monoisotopic (exact) mass is 168 g/mol. The molecule has 0 amide bonds. The van der Waals surface area contributed by atoms with Crippen molar-refractivity contribution in [1.82, 2.24) is 15.5 Å². The molecular formula is C8H16N4. The van der Waals surface area contributed by atoms with Crippen molar-refractivity contribution >= 4 is 5.69 Å². The lowest BCUT2D eigenvalue weighted by Crippen LogP contribution is -2.21. The van der Waals surface area contributed by atoms with Gasteiger partial charge in [0.15, 0.2) is 0 Å². The Kier molecular flexibility index (Phi) is 3.60. The summed E-state index contributed by atoms with van der Waals surface area (Å²) in [7, 11) is 4.04. The van der Waals surface area contributed by atoms with Crippen LogP contribution in [-0.2, 0) is 0 Å². The zero-order chi connectivity index (χ0) is 8.81. The Morgan fingerprint density at radius 3 is 3.08 bits per heavy atom. The van der Waals surface area contributed by atoms with Crippen LogP contribution in [-0.4, -0.2) is 37.4 Å². The van der Waals surface area contributed by atoms with Crippen LogP contribution in [0.4, 0.5) is 5.69 Å². The zero-order valence-corrected chi connectivity index (χ0v) is 7.67. The van der Waals surface area contributed by atoms with Crippen LogP contribution in [0, 0.1) is 0 Å². The molecule has 0 aliphatic heterocycles. The second-order valence-corrected chi connectivity index (χ2v) is 2.84. The van der Waals surface area contributed by atoms with Gasteiger partial charge in [0.25, 0.3) is 0 Å². The number of aromatic nitrogens is 2. The molecule has 0 aliphatic rings. The first-order chi connectivity index (χ1) is 5.84.